The highest BCUT2D eigenvalue weighted by Crippen LogP contribution is 2.26. The molecule has 1 aromatic heterocycles. The summed E-state index contributed by atoms with van der Waals surface area (Å²) in [4.78, 5) is 33.7. The highest BCUT2D eigenvalue weighted by atomic mass is 79.9. The number of carbonyl (C=O) groups is 1. The molecule has 2 aromatic rings. The minimum atomic E-state index is -0.626. The number of carbonyl (C=O) groups excluding carboxylic acids is 1. The van der Waals surface area contributed by atoms with Crippen molar-refractivity contribution in [2.45, 2.75) is 6.54 Å². The van der Waals surface area contributed by atoms with E-state index in [0.717, 1.165) is 27.4 Å². The summed E-state index contributed by atoms with van der Waals surface area (Å²) < 4.78 is 2.44. The zero-order valence-electron chi connectivity index (χ0n) is 11.0. The first-order chi connectivity index (χ1) is 10.4. The average Bonchev–Trinajstić information content (AvgIpc) is 2.45. The van der Waals surface area contributed by atoms with Gasteiger partial charge in [-0.05, 0) is 34.1 Å². The van der Waals surface area contributed by atoms with Crippen LogP contribution in [0.3, 0.4) is 0 Å². The lowest BCUT2D eigenvalue weighted by molar-refractivity contribution is -0.385. The maximum absolute atomic E-state index is 12.0. The maximum atomic E-state index is 12.0. The van der Waals surface area contributed by atoms with E-state index >= 15 is 0 Å². The highest BCUT2D eigenvalue weighted by Gasteiger charge is 2.12. The molecule has 1 N–H and O–H groups in total. The van der Waals surface area contributed by atoms with Crippen molar-refractivity contribution in [2.75, 3.05) is 5.32 Å². The molecule has 0 fully saturated rings. The van der Waals surface area contributed by atoms with Crippen LogP contribution < -0.4 is 10.9 Å². The summed E-state index contributed by atoms with van der Waals surface area (Å²) in [6.45, 7) is -0.320. The number of hydrogen-bond acceptors (Lipinski definition) is 4. The summed E-state index contributed by atoms with van der Waals surface area (Å²) in [6.07, 6.45) is 1.04. The number of nitro groups is 1. The van der Waals surface area contributed by atoms with E-state index in [4.69, 9.17) is 0 Å². The van der Waals surface area contributed by atoms with Gasteiger partial charge in [-0.2, -0.15) is 0 Å². The number of nitrogens with zero attached hydrogens (tertiary/aromatic N) is 2. The van der Waals surface area contributed by atoms with E-state index < -0.39 is 16.4 Å². The van der Waals surface area contributed by atoms with Crippen LogP contribution in [0, 0.1) is 10.1 Å². The Balaban J connectivity index is 2.19. The first kappa shape index (κ1) is 16.4. The summed E-state index contributed by atoms with van der Waals surface area (Å²) in [7, 11) is 0. The molecular formula is C13H9Br2N3O4. The van der Waals surface area contributed by atoms with E-state index in [1.165, 1.54) is 0 Å². The summed E-state index contributed by atoms with van der Waals surface area (Å²) in [5, 5.41) is 13.3. The molecule has 1 heterocycles. The Morgan fingerprint density at radius 2 is 2.00 bits per heavy atom. The molecule has 114 valence electrons. The Labute approximate surface area is 141 Å². The second-order valence-electron chi connectivity index (χ2n) is 4.28. The molecule has 1 aromatic carbocycles. The van der Waals surface area contributed by atoms with Gasteiger partial charge in [-0.15, -0.1) is 0 Å². The van der Waals surface area contributed by atoms with Crippen molar-refractivity contribution in [1.82, 2.24) is 4.57 Å². The first-order valence-electron chi connectivity index (χ1n) is 5.96. The van der Waals surface area contributed by atoms with E-state index in [-0.39, 0.29) is 12.2 Å². The highest BCUT2D eigenvalue weighted by molar-refractivity contribution is 9.11. The molecule has 0 saturated heterocycles. The smallest absolute Gasteiger partial charge is 0.285 e. The predicted octanol–water partition coefficient (Wildman–Crippen LogP) is 2.92. The lowest BCUT2D eigenvalue weighted by Crippen LogP contribution is -2.27. The fourth-order valence-electron chi connectivity index (χ4n) is 1.69. The van der Waals surface area contributed by atoms with Crippen LogP contribution >= 0.6 is 31.9 Å². The number of pyridine rings is 1. The SMILES string of the molecule is O=C(Cn1cc([N+](=O)[O-])ccc1=O)Nc1cc(Br)ccc1Br. The van der Waals surface area contributed by atoms with Gasteiger partial charge in [0.15, 0.2) is 0 Å². The van der Waals surface area contributed by atoms with Crippen LogP contribution in [0.5, 0.6) is 0 Å². The summed E-state index contributed by atoms with van der Waals surface area (Å²) in [5.74, 6) is -0.471. The molecule has 0 aliphatic heterocycles. The van der Waals surface area contributed by atoms with Gasteiger partial charge in [0, 0.05) is 21.1 Å². The monoisotopic (exact) mass is 429 g/mol. The molecule has 7 nitrogen and oxygen atoms in total. The van der Waals surface area contributed by atoms with Gasteiger partial charge >= 0.3 is 0 Å². The van der Waals surface area contributed by atoms with E-state index in [1.807, 2.05) is 0 Å². The molecule has 9 heteroatoms. The van der Waals surface area contributed by atoms with Crippen molar-refractivity contribution in [3.05, 3.63) is 65.9 Å². The summed E-state index contributed by atoms with van der Waals surface area (Å²) >= 11 is 6.58. The second kappa shape index (κ2) is 6.84. The summed E-state index contributed by atoms with van der Waals surface area (Å²) in [5.41, 5.74) is -0.219. The van der Waals surface area contributed by atoms with E-state index in [1.54, 1.807) is 18.2 Å². The largest absolute Gasteiger partial charge is 0.323 e. The second-order valence-corrected chi connectivity index (χ2v) is 6.05. The summed E-state index contributed by atoms with van der Waals surface area (Å²) in [6, 6.07) is 7.39. The Bertz CT molecular complexity index is 804. The van der Waals surface area contributed by atoms with Gasteiger partial charge in [-0.1, -0.05) is 15.9 Å². The van der Waals surface area contributed by atoms with E-state index in [2.05, 4.69) is 37.2 Å². The van der Waals surface area contributed by atoms with Crippen molar-refractivity contribution in [1.29, 1.82) is 0 Å². The van der Waals surface area contributed by atoms with Crippen LogP contribution in [0.2, 0.25) is 0 Å². The van der Waals surface area contributed by atoms with Crippen molar-refractivity contribution >= 4 is 49.1 Å². The minimum absolute atomic E-state index is 0.254. The third-order valence-corrected chi connectivity index (χ3v) is 3.88. The van der Waals surface area contributed by atoms with Crippen LogP contribution in [0.25, 0.3) is 0 Å². The fraction of sp³-hybridized carbons (Fsp3) is 0.0769. The Morgan fingerprint density at radius 3 is 2.68 bits per heavy atom. The molecule has 0 saturated carbocycles. The Morgan fingerprint density at radius 1 is 1.27 bits per heavy atom. The molecule has 1 amide bonds. The molecule has 0 spiro atoms. The maximum Gasteiger partial charge on any atom is 0.285 e. The van der Waals surface area contributed by atoms with Gasteiger partial charge < -0.3 is 5.32 Å². The number of anilines is 1. The number of benzene rings is 1. The topological polar surface area (TPSA) is 94.2 Å². The predicted molar refractivity (Wildman–Crippen MR) is 87.8 cm³/mol. The minimum Gasteiger partial charge on any atom is -0.323 e. The average molecular weight is 431 g/mol. The van der Waals surface area contributed by atoms with Crippen molar-refractivity contribution in [3.8, 4) is 0 Å². The van der Waals surface area contributed by atoms with Crippen LogP contribution in [0.1, 0.15) is 0 Å². The molecule has 0 unspecified atom stereocenters. The lowest BCUT2D eigenvalue weighted by Gasteiger charge is -2.09. The zero-order chi connectivity index (χ0) is 16.3. The Hall–Kier alpha value is -2.00. The molecular weight excluding hydrogens is 422 g/mol. The normalized spacial score (nSPS) is 10.3. The zero-order valence-corrected chi connectivity index (χ0v) is 14.1. The number of hydrogen-bond donors (Lipinski definition) is 1. The van der Waals surface area contributed by atoms with Crippen LogP contribution in [-0.2, 0) is 11.3 Å². The third kappa shape index (κ3) is 4.01. The third-order valence-electron chi connectivity index (χ3n) is 2.70. The van der Waals surface area contributed by atoms with Gasteiger partial charge in [-0.3, -0.25) is 24.3 Å². The van der Waals surface area contributed by atoms with Gasteiger partial charge in [0.1, 0.15) is 6.54 Å². The molecule has 0 atom stereocenters. The number of aromatic nitrogens is 1. The van der Waals surface area contributed by atoms with Gasteiger partial charge in [0.05, 0.1) is 16.8 Å². The van der Waals surface area contributed by atoms with E-state index in [9.17, 15) is 19.7 Å². The van der Waals surface area contributed by atoms with Crippen molar-refractivity contribution < 1.29 is 9.72 Å². The molecule has 0 aliphatic rings. The van der Waals surface area contributed by atoms with Crippen LogP contribution in [-0.4, -0.2) is 15.4 Å². The molecule has 0 bridgehead atoms. The number of nitrogens with one attached hydrogen (secondary N) is 1. The molecule has 2 rings (SSSR count). The fourth-order valence-corrected chi connectivity index (χ4v) is 2.39. The van der Waals surface area contributed by atoms with E-state index in [0.29, 0.717) is 10.2 Å². The quantitative estimate of drug-likeness (QED) is 0.595. The van der Waals surface area contributed by atoms with Crippen LogP contribution in [0.15, 0.2) is 50.3 Å². The Kier molecular flexibility index (Phi) is 5.09. The van der Waals surface area contributed by atoms with Gasteiger partial charge in [0.25, 0.3) is 11.2 Å². The van der Waals surface area contributed by atoms with Crippen molar-refractivity contribution in [2.24, 2.45) is 0 Å². The standard InChI is InChI=1S/C13H9Br2N3O4/c14-8-1-3-10(15)11(5-8)16-12(19)7-17-6-9(18(21)22)2-4-13(17)20/h1-6H,7H2,(H,16,19). The molecule has 0 aliphatic carbocycles. The molecule has 0 radical (unpaired) electrons. The lowest BCUT2D eigenvalue weighted by atomic mass is 10.3. The first-order valence-corrected chi connectivity index (χ1v) is 7.55. The van der Waals surface area contributed by atoms with Crippen LogP contribution in [0.4, 0.5) is 11.4 Å². The van der Waals surface area contributed by atoms with Gasteiger partial charge in [0.2, 0.25) is 5.91 Å². The number of rotatable bonds is 4. The number of amides is 1. The van der Waals surface area contributed by atoms with Crippen molar-refractivity contribution in [3.63, 3.8) is 0 Å². The number of halogens is 2. The molecule has 22 heavy (non-hydrogen) atoms. The van der Waals surface area contributed by atoms with Gasteiger partial charge in [-0.25, -0.2) is 0 Å².